The summed E-state index contributed by atoms with van der Waals surface area (Å²) in [5, 5.41) is 4.26. The average molecular weight is 344 g/mol. The molecule has 2 aliphatic rings. The van der Waals surface area contributed by atoms with Crippen molar-refractivity contribution in [2.24, 2.45) is 0 Å². The van der Waals surface area contributed by atoms with Crippen molar-refractivity contribution in [1.29, 1.82) is 0 Å². The first-order chi connectivity index (χ1) is 12.0. The number of ether oxygens (including phenoxy) is 2. The number of nitrogens with zero attached hydrogens (tertiary/aromatic N) is 4. The highest BCUT2D eigenvalue weighted by molar-refractivity contribution is 5.76. The topological polar surface area (TPSA) is 78.6 Å². The normalized spacial score (nSPS) is 18.8. The van der Waals surface area contributed by atoms with Gasteiger partial charge in [0, 0.05) is 18.7 Å². The summed E-state index contributed by atoms with van der Waals surface area (Å²) in [5.41, 5.74) is 0.302. The molecule has 3 heterocycles. The van der Waals surface area contributed by atoms with Gasteiger partial charge in [-0.1, -0.05) is 0 Å². The summed E-state index contributed by atoms with van der Waals surface area (Å²) in [7, 11) is 0. The summed E-state index contributed by atoms with van der Waals surface area (Å²) >= 11 is 0. The number of aryl methyl sites for hydroxylation is 1. The summed E-state index contributed by atoms with van der Waals surface area (Å²) in [4.78, 5) is 27.0. The lowest BCUT2D eigenvalue weighted by molar-refractivity contribution is -0.132. The van der Waals surface area contributed by atoms with Gasteiger partial charge in [-0.15, -0.1) is 0 Å². The molecule has 2 aliphatic heterocycles. The third kappa shape index (κ3) is 2.67. The number of benzene rings is 1. The first-order valence-electron chi connectivity index (χ1n) is 8.40. The Kier molecular flexibility index (Phi) is 3.74. The predicted octanol–water partition coefficient (Wildman–Crippen LogP) is 1.08. The maximum atomic E-state index is 12.7. The van der Waals surface area contributed by atoms with Crippen LogP contribution in [0.15, 0.2) is 23.0 Å². The third-order valence-electron chi connectivity index (χ3n) is 4.77. The molecular formula is C17H20N4O4. The lowest BCUT2D eigenvalue weighted by Gasteiger charge is -2.20. The van der Waals surface area contributed by atoms with Crippen LogP contribution in [0, 0.1) is 6.92 Å². The van der Waals surface area contributed by atoms with Crippen LogP contribution in [0.5, 0.6) is 11.5 Å². The summed E-state index contributed by atoms with van der Waals surface area (Å²) in [6.45, 7) is 4.65. The van der Waals surface area contributed by atoms with E-state index in [1.807, 2.05) is 11.8 Å². The summed E-state index contributed by atoms with van der Waals surface area (Å²) in [5.74, 6) is 1.70. The van der Waals surface area contributed by atoms with E-state index in [2.05, 4.69) is 5.10 Å². The Morgan fingerprint density at radius 2 is 2.12 bits per heavy atom. The van der Waals surface area contributed by atoms with Crippen LogP contribution in [0.2, 0.25) is 0 Å². The molecule has 0 bridgehead atoms. The van der Waals surface area contributed by atoms with Gasteiger partial charge in [0.15, 0.2) is 11.5 Å². The van der Waals surface area contributed by atoms with E-state index in [0.29, 0.717) is 23.0 Å². The summed E-state index contributed by atoms with van der Waals surface area (Å²) < 4.78 is 13.4. The quantitative estimate of drug-likeness (QED) is 0.833. The number of hydrogen-bond acceptors (Lipinski definition) is 5. The first-order valence-corrected chi connectivity index (χ1v) is 8.40. The largest absolute Gasteiger partial charge is 0.454 e. The number of carbonyl (C=O) groups excluding carboxylic acids is 1. The molecule has 1 aromatic heterocycles. The molecule has 1 amide bonds. The monoisotopic (exact) mass is 344 g/mol. The fourth-order valence-electron chi connectivity index (χ4n) is 3.46. The van der Waals surface area contributed by atoms with Crippen molar-refractivity contribution in [1.82, 2.24) is 19.2 Å². The molecule has 8 heteroatoms. The fourth-order valence-corrected chi connectivity index (χ4v) is 3.46. The van der Waals surface area contributed by atoms with Gasteiger partial charge in [-0.05, 0) is 38.8 Å². The minimum absolute atomic E-state index is 0.0401. The standard InChI is InChI=1S/C17H20N4O4/c1-11-4-3-7-19(11)16(22)9-20-17(23)21(12(2)18-20)13-5-6-14-15(8-13)25-10-24-14/h5-6,8,11H,3-4,7,9-10H2,1-2H3. The number of rotatable bonds is 3. The fraction of sp³-hybridized carbons (Fsp3) is 0.471. The molecule has 25 heavy (non-hydrogen) atoms. The number of fused-ring (bicyclic) bond motifs is 1. The van der Waals surface area contributed by atoms with Gasteiger partial charge in [0.05, 0.1) is 5.69 Å². The molecule has 8 nitrogen and oxygen atoms in total. The molecule has 0 N–H and O–H groups in total. The van der Waals surface area contributed by atoms with Gasteiger partial charge < -0.3 is 14.4 Å². The van der Waals surface area contributed by atoms with Gasteiger partial charge in [-0.2, -0.15) is 5.10 Å². The lowest BCUT2D eigenvalue weighted by Crippen LogP contribution is -2.38. The molecule has 0 spiro atoms. The number of carbonyl (C=O) groups is 1. The van der Waals surface area contributed by atoms with Crippen LogP contribution >= 0.6 is 0 Å². The van der Waals surface area contributed by atoms with Crippen LogP contribution in [0.4, 0.5) is 0 Å². The van der Waals surface area contributed by atoms with Crippen LogP contribution < -0.4 is 15.2 Å². The summed E-state index contributed by atoms with van der Waals surface area (Å²) in [6.07, 6.45) is 2.01. The Morgan fingerprint density at radius 3 is 2.88 bits per heavy atom. The maximum Gasteiger partial charge on any atom is 0.351 e. The van der Waals surface area contributed by atoms with E-state index in [4.69, 9.17) is 9.47 Å². The molecule has 4 rings (SSSR count). The van der Waals surface area contributed by atoms with E-state index in [1.165, 1.54) is 9.25 Å². The SMILES string of the molecule is Cc1nn(CC(=O)N2CCCC2C)c(=O)n1-c1ccc2c(c1)OCO2. The number of likely N-dealkylation sites (tertiary alicyclic amines) is 1. The van der Waals surface area contributed by atoms with E-state index < -0.39 is 0 Å². The average Bonchev–Trinajstić information content (AvgIpc) is 3.27. The van der Waals surface area contributed by atoms with E-state index >= 15 is 0 Å². The maximum absolute atomic E-state index is 12.7. The molecular weight excluding hydrogens is 324 g/mol. The van der Waals surface area contributed by atoms with E-state index in [9.17, 15) is 9.59 Å². The number of hydrogen-bond donors (Lipinski definition) is 0. The zero-order chi connectivity index (χ0) is 17.6. The van der Waals surface area contributed by atoms with Gasteiger partial charge in [0.25, 0.3) is 0 Å². The second-order valence-electron chi connectivity index (χ2n) is 6.44. The van der Waals surface area contributed by atoms with Crippen molar-refractivity contribution in [2.45, 2.75) is 39.3 Å². The predicted molar refractivity (Wildman–Crippen MR) is 89.1 cm³/mol. The minimum atomic E-state index is -0.337. The van der Waals surface area contributed by atoms with Crippen molar-refractivity contribution in [3.63, 3.8) is 0 Å². The summed E-state index contributed by atoms with van der Waals surface area (Å²) in [6, 6.07) is 5.50. The lowest BCUT2D eigenvalue weighted by atomic mass is 10.2. The second kappa shape index (κ2) is 5.94. The first kappa shape index (κ1) is 15.7. The minimum Gasteiger partial charge on any atom is -0.454 e. The van der Waals surface area contributed by atoms with Crippen LogP contribution in [0.1, 0.15) is 25.6 Å². The molecule has 1 saturated heterocycles. The highest BCUT2D eigenvalue weighted by Crippen LogP contribution is 2.33. The smallest absolute Gasteiger partial charge is 0.351 e. The van der Waals surface area contributed by atoms with E-state index in [-0.39, 0.29) is 31.0 Å². The zero-order valence-electron chi connectivity index (χ0n) is 14.3. The van der Waals surface area contributed by atoms with Gasteiger partial charge >= 0.3 is 5.69 Å². The number of aromatic nitrogens is 3. The highest BCUT2D eigenvalue weighted by Gasteiger charge is 2.26. The molecule has 0 saturated carbocycles. The van der Waals surface area contributed by atoms with Gasteiger partial charge in [0.1, 0.15) is 12.4 Å². The molecule has 2 aromatic rings. The Balaban J connectivity index is 1.63. The Bertz CT molecular complexity index is 885. The van der Waals surface area contributed by atoms with Crippen LogP contribution in [0.3, 0.4) is 0 Å². The van der Waals surface area contributed by atoms with E-state index in [1.54, 1.807) is 25.1 Å². The van der Waals surface area contributed by atoms with Gasteiger partial charge in [-0.25, -0.2) is 14.0 Å². The third-order valence-corrected chi connectivity index (χ3v) is 4.77. The van der Waals surface area contributed by atoms with E-state index in [0.717, 1.165) is 19.4 Å². The Morgan fingerprint density at radius 1 is 1.32 bits per heavy atom. The molecule has 1 unspecified atom stereocenters. The Hall–Kier alpha value is -2.77. The van der Waals surface area contributed by atoms with Gasteiger partial charge in [0.2, 0.25) is 12.7 Å². The number of amides is 1. The van der Waals surface area contributed by atoms with Crippen molar-refractivity contribution in [2.75, 3.05) is 13.3 Å². The molecule has 0 radical (unpaired) electrons. The van der Waals surface area contributed by atoms with Gasteiger partial charge in [-0.3, -0.25) is 4.79 Å². The van der Waals surface area contributed by atoms with Crippen molar-refractivity contribution >= 4 is 5.91 Å². The van der Waals surface area contributed by atoms with Crippen molar-refractivity contribution in [3.8, 4) is 17.2 Å². The van der Waals surface area contributed by atoms with Crippen molar-refractivity contribution in [3.05, 3.63) is 34.5 Å². The highest BCUT2D eigenvalue weighted by atomic mass is 16.7. The van der Waals surface area contributed by atoms with Crippen LogP contribution in [-0.2, 0) is 11.3 Å². The van der Waals surface area contributed by atoms with Crippen LogP contribution in [0.25, 0.3) is 5.69 Å². The zero-order valence-corrected chi connectivity index (χ0v) is 14.3. The molecule has 1 atom stereocenters. The molecule has 1 fully saturated rings. The second-order valence-corrected chi connectivity index (χ2v) is 6.44. The molecule has 0 aliphatic carbocycles. The molecule has 132 valence electrons. The molecule has 1 aromatic carbocycles. The van der Waals surface area contributed by atoms with Crippen LogP contribution in [-0.4, -0.2) is 44.5 Å². The van der Waals surface area contributed by atoms with Crippen molar-refractivity contribution < 1.29 is 14.3 Å². The Labute approximate surface area is 144 Å².